The molecule has 1 heterocycles. The molecule has 1 atom stereocenters. The van der Waals surface area contributed by atoms with Crippen LogP contribution in [0.2, 0.25) is 0 Å². The lowest BCUT2D eigenvalue weighted by Gasteiger charge is -2.35. The Balaban J connectivity index is 2.94. The standard InChI is InChI=1S/C11H19N3O3/c1-7(2)6-14-10(16)8(4-5-12)9(15)13(3)11(14)17/h7-8H,4-6,12H2,1-3H3. The van der Waals surface area contributed by atoms with Crippen LogP contribution in [0.25, 0.3) is 0 Å². The monoisotopic (exact) mass is 241 g/mol. The number of carbonyl (C=O) groups is 3. The molecule has 0 saturated carbocycles. The van der Waals surface area contributed by atoms with Crippen molar-refractivity contribution in [3.05, 3.63) is 0 Å². The van der Waals surface area contributed by atoms with Gasteiger partial charge in [-0.2, -0.15) is 0 Å². The Morgan fingerprint density at radius 3 is 2.29 bits per heavy atom. The molecule has 2 N–H and O–H groups in total. The Bertz CT molecular complexity index is 341. The third kappa shape index (κ3) is 2.63. The molecule has 1 unspecified atom stereocenters. The van der Waals surface area contributed by atoms with Gasteiger partial charge in [-0.15, -0.1) is 0 Å². The second-order valence-corrected chi connectivity index (χ2v) is 4.65. The molecule has 1 aliphatic heterocycles. The predicted molar refractivity (Wildman–Crippen MR) is 61.9 cm³/mol. The zero-order chi connectivity index (χ0) is 13.2. The molecule has 4 amide bonds. The topological polar surface area (TPSA) is 83.7 Å². The molecule has 1 fully saturated rings. The zero-order valence-electron chi connectivity index (χ0n) is 10.5. The van der Waals surface area contributed by atoms with Gasteiger partial charge >= 0.3 is 6.03 Å². The van der Waals surface area contributed by atoms with Crippen molar-refractivity contribution >= 4 is 17.8 Å². The molecule has 0 aromatic heterocycles. The van der Waals surface area contributed by atoms with Crippen LogP contribution in [0.3, 0.4) is 0 Å². The maximum absolute atomic E-state index is 12.0. The van der Waals surface area contributed by atoms with Gasteiger partial charge in [-0.05, 0) is 18.9 Å². The molecule has 17 heavy (non-hydrogen) atoms. The highest BCUT2D eigenvalue weighted by Crippen LogP contribution is 2.20. The summed E-state index contributed by atoms with van der Waals surface area (Å²) in [5.74, 6) is -1.51. The molecule has 6 nitrogen and oxygen atoms in total. The van der Waals surface area contributed by atoms with Gasteiger partial charge in [-0.1, -0.05) is 13.8 Å². The lowest BCUT2D eigenvalue weighted by molar-refractivity contribution is -0.149. The molecule has 0 bridgehead atoms. The van der Waals surface area contributed by atoms with Gasteiger partial charge in [0.2, 0.25) is 11.8 Å². The van der Waals surface area contributed by atoms with Gasteiger partial charge < -0.3 is 5.73 Å². The van der Waals surface area contributed by atoms with Crippen molar-refractivity contribution in [3.8, 4) is 0 Å². The highest BCUT2D eigenvalue weighted by molar-refractivity contribution is 6.15. The number of amides is 4. The third-order valence-electron chi connectivity index (χ3n) is 2.71. The second kappa shape index (κ2) is 5.27. The summed E-state index contributed by atoms with van der Waals surface area (Å²) < 4.78 is 0. The first-order valence-electron chi connectivity index (χ1n) is 5.73. The third-order valence-corrected chi connectivity index (χ3v) is 2.71. The molecular weight excluding hydrogens is 222 g/mol. The summed E-state index contributed by atoms with van der Waals surface area (Å²) in [4.78, 5) is 37.7. The van der Waals surface area contributed by atoms with Crippen molar-refractivity contribution in [2.75, 3.05) is 20.1 Å². The van der Waals surface area contributed by atoms with E-state index >= 15 is 0 Å². The Kier molecular flexibility index (Phi) is 4.22. The summed E-state index contributed by atoms with van der Waals surface area (Å²) in [6.07, 6.45) is 0.282. The number of nitrogens with two attached hydrogens (primary N) is 1. The number of imide groups is 2. The van der Waals surface area contributed by atoms with Gasteiger partial charge in [-0.25, -0.2) is 4.79 Å². The molecule has 6 heteroatoms. The fourth-order valence-corrected chi connectivity index (χ4v) is 1.84. The van der Waals surface area contributed by atoms with Crippen LogP contribution in [0.4, 0.5) is 4.79 Å². The molecule has 1 aliphatic rings. The number of rotatable bonds is 4. The Morgan fingerprint density at radius 2 is 1.82 bits per heavy atom. The van der Waals surface area contributed by atoms with Crippen LogP contribution in [-0.2, 0) is 9.59 Å². The van der Waals surface area contributed by atoms with E-state index in [0.717, 1.165) is 9.80 Å². The first-order chi connectivity index (χ1) is 7.90. The molecular formula is C11H19N3O3. The smallest absolute Gasteiger partial charge is 0.330 e. The maximum Gasteiger partial charge on any atom is 0.333 e. The molecule has 96 valence electrons. The second-order valence-electron chi connectivity index (χ2n) is 4.65. The fourth-order valence-electron chi connectivity index (χ4n) is 1.84. The van der Waals surface area contributed by atoms with Crippen molar-refractivity contribution in [3.63, 3.8) is 0 Å². The highest BCUT2D eigenvalue weighted by atomic mass is 16.2. The van der Waals surface area contributed by atoms with E-state index in [2.05, 4.69) is 0 Å². The number of hydrogen-bond donors (Lipinski definition) is 1. The van der Waals surface area contributed by atoms with Gasteiger partial charge in [0.25, 0.3) is 0 Å². The van der Waals surface area contributed by atoms with Gasteiger partial charge in [0, 0.05) is 13.6 Å². The fraction of sp³-hybridized carbons (Fsp3) is 0.727. The summed E-state index contributed by atoms with van der Waals surface area (Å²) >= 11 is 0. The summed E-state index contributed by atoms with van der Waals surface area (Å²) in [7, 11) is 1.40. The van der Waals surface area contributed by atoms with Crippen molar-refractivity contribution in [1.82, 2.24) is 9.80 Å². The van der Waals surface area contributed by atoms with Crippen LogP contribution < -0.4 is 5.73 Å². The van der Waals surface area contributed by atoms with E-state index in [1.54, 1.807) is 0 Å². The summed E-state index contributed by atoms with van der Waals surface area (Å²) in [6, 6.07) is -0.540. The van der Waals surface area contributed by atoms with Crippen molar-refractivity contribution < 1.29 is 14.4 Å². The molecule has 0 spiro atoms. The first kappa shape index (κ1) is 13.6. The lowest BCUT2D eigenvalue weighted by atomic mass is 9.99. The van der Waals surface area contributed by atoms with E-state index in [9.17, 15) is 14.4 Å². The van der Waals surface area contributed by atoms with Crippen molar-refractivity contribution in [2.24, 2.45) is 17.6 Å². The van der Waals surface area contributed by atoms with Gasteiger partial charge in [0.1, 0.15) is 5.92 Å². The van der Waals surface area contributed by atoms with Gasteiger partial charge in [-0.3, -0.25) is 19.4 Å². The Morgan fingerprint density at radius 1 is 1.24 bits per heavy atom. The van der Waals surface area contributed by atoms with Crippen LogP contribution in [0.15, 0.2) is 0 Å². The predicted octanol–water partition coefficient (Wildman–Crippen LogP) is 0.0280. The minimum atomic E-state index is -0.804. The maximum atomic E-state index is 12.0. The quantitative estimate of drug-likeness (QED) is 0.704. The number of hydrogen-bond acceptors (Lipinski definition) is 4. The average Bonchev–Trinajstić information content (AvgIpc) is 2.27. The summed E-state index contributed by atoms with van der Waals surface area (Å²) in [6.45, 7) is 4.40. The SMILES string of the molecule is CC(C)CN1C(=O)C(CCN)C(=O)N(C)C1=O. The van der Waals surface area contributed by atoms with Crippen LogP contribution in [-0.4, -0.2) is 47.8 Å². The number of carbonyl (C=O) groups excluding carboxylic acids is 3. The van der Waals surface area contributed by atoms with Crippen LogP contribution in [0, 0.1) is 11.8 Å². The van der Waals surface area contributed by atoms with Crippen molar-refractivity contribution in [2.45, 2.75) is 20.3 Å². The zero-order valence-corrected chi connectivity index (χ0v) is 10.5. The Hall–Kier alpha value is -1.43. The Labute approximate surface area is 101 Å². The van der Waals surface area contributed by atoms with Gasteiger partial charge in [0.15, 0.2) is 0 Å². The van der Waals surface area contributed by atoms with Crippen LogP contribution >= 0.6 is 0 Å². The minimum absolute atomic E-state index is 0.169. The normalized spacial score (nSPS) is 21.7. The molecule has 0 aromatic rings. The largest absolute Gasteiger partial charge is 0.333 e. The molecule has 0 aromatic carbocycles. The van der Waals surface area contributed by atoms with E-state index in [-0.39, 0.29) is 18.9 Å². The molecule has 0 radical (unpaired) electrons. The summed E-state index contributed by atoms with van der Waals surface area (Å²) in [5.41, 5.74) is 5.38. The molecule has 1 saturated heterocycles. The molecule has 1 rings (SSSR count). The van der Waals surface area contributed by atoms with Crippen LogP contribution in [0.5, 0.6) is 0 Å². The van der Waals surface area contributed by atoms with E-state index < -0.39 is 23.8 Å². The summed E-state index contributed by atoms with van der Waals surface area (Å²) in [5, 5.41) is 0. The van der Waals surface area contributed by atoms with E-state index in [4.69, 9.17) is 5.73 Å². The first-order valence-corrected chi connectivity index (χ1v) is 5.73. The average molecular weight is 241 g/mol. The number of urea groups is 1. The number of nitrogens with zero attached hydrogens (tertiary/aromatic N) is 2. The highest BCUT2D eigenvalue weighted by Gasteiger charge is 2.43. The van der Waals surface area contributed by atoms with Crippen LogP contribution in [0.1, 0.15) is 20.3 Å². The lowest BCUT2D eigenvalue weighted by Crippen LogP contribution is -2.59. The van der Waals surface area contributed by atoms with E-state index in [1.165, 1.54) is 7.05 Å². The molecule has 0 aliphatic carbocycles. The van der Waals surface area contributed by atoms with E-state index in [1.807, 2.05) is 13.8 Å². The van der Waals surface area contributed by atoms with E-state index in [0.29, 0.717) is 6.54 Å². The minimum Gasteiger partial charge on any atom is -0.330 e. The number of barbiturate groups is 1. The van der Waals surface area contributed by atoms with Crippen molar-refractivity contribution in [1.29, 1.82) is 0 Å². The van der Waals surface area contributed by atoms with Gasteiger partial charge in [0.05, 0.1) is 0 Å².